The van der Waals surface area contributed by atoms with Crippen LogP contribution in [-0.2, 0) is 5.41 Å². The highest BCUT2D eigenvalue weighted by Gasteiger charge is 2.29. The van der Waals surface area contributed by atoms with Gasteiger partial charge in [-0.1, -0.05) is 79.2 Å². The molecule has 4 heteroatoms. The lowest BCUT2D eigenvalue weighted by atomic mass is 9.77. The minimum Gasteiger partial charge on any atom is -0.507 e. The van der Waals surface area contributed by atoms with Gasteiger partial charge >= 0.3 is 0 Å². The number of phenolic OH excluding ortho intramolecular Hbond substituents is 1. The Morgan fingerprint density at radius 2 is 1.52 bits per heavy atom. The van der Waals surface area contributed by atoms with Crippen LogP contribution in [0.1, 0.15) is 78.4 Å². The quantitative estimate of drug-likeness (QED) is 0.529. The number of allylic oxidation sites excluding steroid dienone is 3. The molecule has 3 atom stereocenters. The van der Waals surface area contributed by atoms with Gasteiger partial charge in [0.2, 0.25) is 0 Å². The van der Waals surface area contributed by atoms with Crippen molar-refractivity contribution in [2.75, 3.05) is 0 Å². The van der Waals surface area contributed by atoms with E-state index in [1.54, 1.807) is 6.21 Å². The molecule has 0 amide bonds. The van der Waals surface area contributed by atoms with Gasteiger partial charge in [-0.25, -0.2) is 0 Å². The van der Waals surface area contributed by atoms with Gasteiger partial charge in [-0.2, -0.15) is 0 Å². The summed E-state index contributed by atoms with van der Waals surface area (Å²) in [6.45, 7) is 16.7. The first-order valence-corrected chi connectivity index (χ1v) is 12.1. The van der Waals surface area contributed by atoms with E-state index in [1.165, 1.54) is 0 Å². The highest BCUT2D eigenvalue weighted by Crippen LogP contribution is 2.35. The Bertz CT molecular complexity index is 999. The summed E-state index contributed by atoms with van der Waals surface area (Å²) in [6, 6.07) is 5.98. The molecule has 4 nitrogen and oxygen atoms in total. The standard InChI is InChI=1S/C29H40N2O2/c1-19-15-21(27(33)23(16-19)29(5,6)7)18-31-25-14-9-8-13-24(25)30-17-20-11-10-12-22(26(20)32)28(2,3)4/h10-12,15-18,24-25,27,32-33H,1,8-9,13-14H2,2-7H3/t24-,25-,27?/m0/s1. The maximum Gasteiger partial charge on any atom is 0.128 e. The van der Waals surface area contributed by atoms with Gasteiger partial charge in [-0.3, -0.25) is 9.98 Å². The van der Waals surface area contributed by atoms with E-state index in [4.69, 9.17) is 9.98 Å². The second-order valence-electron chi connectivity index (χ2n) is 11.4. The fourth-order valence-corrected chi connectivity index (χ4v) is 4.60. The van der Waals surface area contributed by atoms with E-state index in [-0.39, 0.29) is 22.9 Å². The third-order valence-corrected chi connectivity index (χ3v) is 6.56. The molecule has 1 aromatic rings. The first-order valence-electron chi connectivity index (χ1n) is 12.1. The summed E-state index contributed by atoms with van der Waals surface area (Å²) in [5.41, 5.74) is 4.03. The molecule has 1 aromatic carbocycles. The number of aliphatic imine (C=N–C) groups is 2. The van der Waals surface area contributed by atoms with Crippen LogP contribution < -0.4 is 0 Å². The van der Waals surface area contributed by atoms with Crippen LogP contribution in [0.3, 0.4) is 0 Å². The van der Waals surface area contributed by atoms with Gasteiger partial charge in [0.1, 0.15) is 11.9 Å². The summed E-state index contributed by atoms with van der Waals surface area (Å²) in [5.74, 6) is 0.306. The lowest BCUT2D eigenvalue weighted by molar-refractivity contribution is 0.222. The lowest BCUT2D eigenvalue weighted by Crippen LogP contribution is -2.29. The summed E-state index contributed by atoms with van der Waals surface area (Å²) in [4.78, 5) is 9.74. The molecule has 2 aliphatic carbocycles. The van der Waals surface area contributed by atoms with E-state index in [2.05, 4.69) is 48.1 Å². The summed E-state index contributed by atoms with van der Waals surface area (Å²) in [5, 5.41) is 21.7. The smallest absolute Gasteiger partial charge is 0.128 e. The second-order valence-corrected chi connectivity index (χ2v) is 11.4. The third kappa shape index (κ3) is 6.11. The van der Waals surface area contributed by atoms with Gasteiger partial charge in [0.25, 0.3) is 0 Å². The molecule has 33 heavy (non-hydrogen) atoms. The molecule has 0 aliphatic heterocycles. The predicted octanol–water partition coefficient (Wildman–Crippen LogP) is 6.32. The highest BCUT2D eigenvalue weighted by molar-refractivity contribution is 5.85. The van der Waals surface area contributed by atoms with Crippen LogP contribution >= 0.6 is 0 Å². The molecule has 0 bridgehead atoms. The van der Waals surface area contributed by atoms with Crippen molar-refractivity contribution < 1.29 is 10.2 Å². The van der Waals surface area contributed by atoms with Crippen LogP contribution in [0.25, 0.3) is 0 Å². The molecule has 178 valence electrons. The number of aliphatic hydroxyl groups excluding tert-OH is 1. The number of phenols is 1. The first-order chi connectivity index (χ1) is 15.4. The molecular formula is C29H40N2O2. The average molecular weight is 449 g/mol. The Labute approximate surface area is 199 Å². The van der Waals surface area contributed by atoms with Gasteiger partial charge in [0, 0.05) is 23.6 Å². The Kier molecular flexibility index (Phi) is 7.48. The number of aromatic hydroxyl groups is 1. The van der Waals surface area contributed by atoms with Crippen LogP contribution in [-0.4, -0.2) is 40.8 Å². The van der Waals surface area contributed by atoms with Gasteiger partial charge in [-0.15, -0.1) is 0 Å². The van der Waals surface area contributed by atoms with Crippen molar-refractivity contribution in [1.29, 1.82) is 0 Å². The van der Waals surface area contributed by atoms with E-state index < -0.39 is 6.10 Å². The molecule has 1 fully saturated rings. The fourth-order valence-electron chi connectivity index (χ4n) is 4.60. The molecule has 2 N–H and O–H groups in total. The van der Waals surface area contributed by atoms with E-state index >= 15 is 0 Å². The van der Waals surface area contributed by atoms with Gasteiger partial charge < -0.3 is 10.2 Å². The van der Waals surface area contributed by atoms with Crippen molar-refractivity contribution in [3.63, 3.8) is 0 Å². The monoisotopic (exact) mass is 448 g/mol. The maximum atomic E-state index is 10.9. The minimum atomic E-state index is -0.665. The largest absolute Gasteiger partial charge is 0.507 e. The predicted molar refractivity (Wildman–Crippen MR) is 140 cm³/mol. The minimum absolute atomic E-state index is 0.0632. The van der Waals surface area contributed by atoms with Crippen molar-refractivity contribution in [1.82, 2.24) is 0 Å². The number of hydrogen-bond donors (Lipinski definition) is 2. The normalized spacial score (nSPS) is 24.9. The molecule has 0 radical (unpaired) electrons. The van der Waals surface area contributed by atoms with Crippen LogP contribution in [0.2, 0.25) is 0 Å². The number of hydrogen-bond acceptors (Lipinski definition) is 4. The zero-order valence-corrected chi connectivity index (χ0v) is 21.1. The number of rotatable bonds is 4. The van der Waals surface area contributed by atoms with E-state index in [0.29, 0.717) is 5.75 Å². The van der Waals surface area contributed by atoms with Gasteiger partial charge in [0.15, 0.2) is 0 Å². The zero-order chi connectivity index (χ0) is 24.4. The molecule has 0 heterocycles. The van der Waals surface area contributed by atoms with E-state index in [9.17, 15) is 10.2 Å². The molecule has 0 saturated heterocycles. The summed E-state index contributed by atoms with van der Waals surface area (Å²) in [7, 11) is 0. The molecule has 1 saturated carbocycles. The van der Waals surface area contributed by atoms with Crippen LogP contribution in [0.4, 0.5) is 0 Å². The molecule has 0 spiro atoms. The van der Waals surface area contributed by atoms with Crippen molar-refractivity contribution in [2.24, 2.45) is 15.4 Å². The Balaban J connectivity index is 1.79. The van der Waals surface area contributed by atoms with Crippen LogP contribution in [0, 0.1) is 5.41 Å². The summed E-state index contributed by atoms with van der Waals surface area (Å²) in [6.07, 6.45) is 11.1. The zero-order valence-electron chi connectivity index (χ0n) is 21.1. The van der Waals surface area contributed by atoms with Crippen molar-refractivity contribution in [2.45, 2.75) is 90.8 Å². The van der Waals surface area contributed by atoms with E-state index in [0.717, 1.165) is 53.5 Å². The second kappa shape index (κ2) is 9.80. The molecule has 0 aromatic heterocycles. The highest BCUT2D eigenvalue weighted by atomic mass is 16.3. The van der Waals surface area contributed by atoms with Crippen molar-refractivity contribution >= 4 is 12.4 Å². The summed E-state index contributed by atoms with van der Waals surface area (Å²) < 4.78 is 0. The maximum absolute atomic E-state index is 10.9. The topological polar surface area (TPSA) is 65.2 Å². The molecule has 3 rings (SSSR count). The number of benzene rings is 1. The fraction of sp³-hybridized carbons (Fsp3) is 0.517. The van der Waals surface area contributed by atoms with E-state index in [1.807, 2.05) is 36.6 Å². The number of para-hydroxylation sites is 1. The third-order valence-electron chi connectivity index (χ3n) is 6.56. The number of aliphatic hydroxyl groups is 1. The van der Waals surface area contributed by atoms with Gasteiger partial charge in [0.05, 0.1) is 12.1 Å². The lowest BCUT2D eigenvalue weighted by Gasteiger charge is -2.31. The molecule has 1 unspecified atom stereocenters. The summed E-state index contributed by atoms with van der Waals surface area (Å²) >= 11 is 0. The van der Waals surface area contributed by atoms with Crippen molar-refractivity contribution in [3.05, 3.63) is 64.8 Å². The van der Waals surface area contributed by atoms with Gasteiger partial charge in [-0.05, 0) is 52.5 Å². The Morgan fingerprint density at radius 3 is 2.09 bits per heavy atom. The van der Waals surface area contributed by atoms with Crippen molar-refractivity contribution in [3.8, 4) is 5.75 Å². The Hall–Kier alpha value is -2.46. The molecule has 2 aliphatic rings. The molecular weight excluding hydrogens is 408 g/mol. The van der Waals surface area contributed by atoms with Crippen LogP contribution in [0.5, 0.6) is 5.75 Å². The van der Waals surface area contributed by atoms with Crippen LogP contribution in [0.15, 0.2) is 63.6 Å². The number of nitrogens with zero attached hydrogens (tertiary/aromatic N) is 2. The Morgan fingerprint density at radius 1 is 0.909 bits per heavy atom. The average Bonchev–Trinajstić information content (AvgIpc) is 2.72. The first kappa shape index (κ1) is 25.2. The SMILES string of the molecule is C=C1C=C(C=N[C@H]2CCCC[C@@H]2N=Cc2cccc(C(C)(C)C)c2O)C(O)C(C(C)(C)C)=C1.